The minimum atomic E-state index is -0.778. The lowest BCUT2D eigenvalue weighted by Gasteiger charge is -2.32. The maximum absolute atomic E-state index is 11.2. The Kier molecular flexibility index (Phi) is 4.15. The molecule has 1 heterocycles. The molecule has 0 amide bonds. The molecule has 3 nitrogen and oxygen atoms in total. The molecule has 1 aromatic rings. The summed E-state index contributed by atoms with van der Waals surface area (Å²) in [7, 11) is 2.01. The first kappa shape index (κ1) is 12.8. The van der Waals surface area contributed by atoms with Crippen LogP contribution in [0.3, 0.4) is 0 Å². The van der Waals surface area contributed by atoms with Crippen LogP contribution in [0.2, 0.25) is 0 Å². The van der Waals surface area contributed by atoms with E-state index in [1.54, 1.807) is 0 Å². The molecule has 0 aromatic heterocycles. The predicted molar refractivity (Wildman–Crippen MR) is 71.5 cm³/mol. The summed E-state index contributed by atoms with van der Waals surface area (Å²) in [6.45, 7) is 0.941. The number of hydrogen-bond donors (Lipinski definition) is 1. The van der Waals surface area contributed by atoms with E-state index in [-0.39, 0.29) is 6.04 Å². The Labute approximate surface area is 108 Å². The maximum atomic E-state index is 11.2. The van der Waals surface area contributed by atoms with Gasteiger partial charge in [-0.2, -0.15) is 0 Å². The van der Waals surface area contributed by atoms with Gasteiger partial charge in [0.2, 0.25) is 0 Å². The van der Waals surface area contributed by atoms with Gasteiger partial charge < -0.3 is 5.11 Å². The van der Waals surface area contributed by atoms with Crippen molar-refractivity contribution in [2.75, 3.05) is 13.6 Å². The van der Waals surface area contributed by atoms with E-state index in [9.17, 15) is 9.90 Å². The zero-order valence-corrected chi connectivity index (χ0v) is 10.7. The van der Waals surface area contributed by atoms with Crippen LogP contribution < -0.4 is 0 Å². The van der Waals surface area contributed by atoms with E-state index in [1.807, 2.05) is 31.3 Å². The van der Waals surface area contributed by atoms with Gasteiger partial charge in [-0.25, -0.2) is 4.79 Å². The van der Waals surface area contributed by atoms with Gasteiger partial charge in [0.05, 0.1) is 5.57 Å². The molecule has 18 heavy (non-hydrogen) atoms. The second-order valence-corrected chi connectivity index (χ2v) is 4.77. The average Bonchev–Trinajstić information content (AvgIpc) is 2.38. The van der Waals surface area contributed by atoms with Crippen LogP contribution >= 0.6 is 0 Å². The predicted octanol–water partition coefficient (Wildman–Crippen LogP) is 2.33. The van der Waals surface area contributed by atoms with Gasteiger partial charge in [-0.15, -0.1) is 0 Å². The third kappa shape index (κ3) is 2.99. The first-order valence-corrected chi connectivity index (χ1v) is 6.36. The molecule has 0 fully saturated rings. The number of hydrogen-bond acceptors (Lipinski definition) is 2. The molecule has 1 N–H and O–H groups in total. The number of carboxylic acid groups (broad SMARTS) is 1. The fourth-order valence-corrected chi connectivity index (χ4v) is 2.51. The van der Waals surface area contributed by atoms with Crippen molar-refractivity contribution in [1.82, 2.24) is 4.90 Å². The summed E-state index contributed by atoms with van der Waals surface area (Å²) in [5.74, 6) is -0.778. The quantitative estimate of drug-likeness (QED) is 0.885. The van der Waals surface area contributed by atoms with E-state index < -0.39 is 5.97 Å². The number of nitrogens with zero attached hydrogens (tertiary/aromatic N) is 1. The van der Waals surface area contributed by atoms with Crippen LogP contribution in [-0.2, 0) is 11.2 Å². The van der Waals surface area contributed by atoms with Crippen LogP contribution in [0.4, 0.5) is 0 Å². The van der Waals surface area contributed by atoms with Crippen molar-refractivity contribution in [1.29, 1.82) is 0 Å². The lowest BCUT2D eigenvalue weighted by molar-refractivity contribution is -0.133. The second-order valence-electron chi connectivity index (χ2n) is 4.77. The lowest BCUT2D eigenvalue weighted by Crippen LogP contribution is -2.39. The third-order valence-electron chi connectivity index (χ3n) is 3.53. The Morgan fingerprint density at radius 1 is 1.39 bits per heavy atom. The minimum Gasteiger partial charge on any atom is -0.478 e. The van der Waals surface area contributed by atoms with Crippen molar-refractivity contribution in [3.63, 3.8) is 0 Å². The standard InChI is InChI=1S/C15H19NO2/c1-16-11-5-8-13(15(17)18)14(16)10-9-12-6-3-2-4-7-12/h2-4,6-8,14H,5,9-11H2,1H3,(H,17,18). The summed E-state index contributed by atoms with van der Waals surface area (Å²) in [6.07, 6.45) is 4.48. The van der Waals surface area contributed by atoms with E-state index in [0.29, 0.717) is 5.57 Å². The van der Waals surface area contributed by atoms with Crippen LogP contribution in [-0.4, -0.2) is 35.6 Å². The van der Waals surface area contributed by atoms with E-state index in [1.165, 1.54) is 5.56 Å². The molecule has 1 unspecified atom stereocenters. The summed E-state index contributed by atoms with van der Waals surface area (Å²) in [4.78, 5) is 13.4. The molecule has 1 aliphatic heterocycles. The monoisotopic (exact) mass is 245 g/mol. The van der Waals surface area contributed by atoms with Gasteiger partial charge in [-0.05, 0) is 31.9 Å². The van der Waals surface area contributed by atoms with E-state index >= 15 is 0 Å². The highest BCUT2D eigenvalue weighted by molar-refractivity contribution is 5.88. The van der Waals surface area contributed by atoms with Crippen molar-refractivity contribution < 1.29 is 9.90 Å². The Balaban J connectivity index is 2.04. The molecule has 0 spiro atoms. The van der Waals surface area contributed by atoms with Crippen LogP contribution in [0.15, 0.2) is 42.0 Å². The zero-order valence-electron chi connectivity index (χ0n) is 10.7. The normalized spacial score (nSPS) is 20.5. The number of rotatable bonds is 4. The smallest absolute Gasteiger partial charge is 0.332 e. The molecule has 0 saturated heterocycles. The topological polar surface area (TPSA) is 40.5 Å². The molecule has 1 atom stereocenters. The van der Waals surface area contributed by atoms with Gasteiger partial charge >= 0.3 is 5.97 Å². The molecule has 0 saturated carbocycles. The molecule has 1 aliphatic rings. The molecular formula is C15H19NO2. The van der Waals surface area contributed by atoms with Gasteiger partial charge in [-0.1, -0.05) is 36.4 Å². The first-order chi connectivity index (χ1) is 8.68. The molecule has 0 aliphatic carbocycles. The number of aliphatic carboxylic acids is 1. The summed E-state index contributed by atoms with van der Waals surface area (Å²) < 4.78 is 0. The fourth-order valence-electron chi connectivity index (χ4n) is 2.51. The second kappa shape index (κ2) is 5.83. The third-order valence-corrected chi connectivity index (χ3v) is 3.53. The average molecular weight is 245 g/mol. The number of likely N-dealkylation sites (N-methyl/N-ethyl adjacent to an activating group) is 1. The summed E-state index contributed by atoms with van der Waals surface area (Å²) in [5.41, 5.74) is 1.82. The van der Waals surface area contributed by atoms with Gasteiger partial charge in [0, 0.05) is 12.6 Å². The highest BCUT2D eigenvalue weighted by atomic mass is 16.4. The van der Waals surface area contributed by atoms with E-state index in [4.69, 9.17) is 0 Å². The highest BCUT2D eigenvalue weighted by Crippen LogP contribution is 2.21. The molecule has 2 rings (SSSR count). The summed E-state index contributed by atoms with van der Waals surface area (Å²) >= 11 is 0. The van der Waals surface area contributed by atoms with Crippen LogP contribution in [0.5, 0.6) is 0 Å². The number of benzene rings is 1. The largest absolute Gasteiger partial charge is 0.478 e. The molecule has 0 bridgehead atoms. The zero-order chi connectivity index (χ0) is 13.0. The van der Waals surface area contributed by atoms with Gasteiger partial charge in [0.15, 0.2) is 0 Å². The molecular weight excluding hydrogens is 226 g/mol. The molecule has 96 valence electrons. The van der Waals surface area contributed by atoms with Crippen LogP contribution in [0.1, 0.15) is 18.4 Å². The molecule has 3 heteroatoms. The molecule has 0 radical (unpaired) electrons. The van der Waals surface area contributed by atoms with Gasteiger partial charge in [0.1, 0.15) is 0 Å². The Bertz CT molecular complexity index is 439. The van der Waals surface area contributed by atoms with Crippen LogP contribution in [0.25, 0.3) is 0 Å². The van der Waals surface area contributed by atoms with Crippen molar-refractivity contribution in [2.24, 2.45) is 0 Å². The number of carbonyl (C=O) groups is 1. The number of carboxylic acids is 1. The van der Waals surface area contributed by atoms with Crippen molar-refractivity contribution in [3.05, 3.63) is 47.5 Å². The maximum Gasteiger partial charge on any atom is 0.332 e. The van der Waals surface area contributed by atoms with Crippen LogP contribution in [0, 0.1) is 0 Å². The minimum absolute atomic E-state index is 0.0384. The summed E-state index contributed by atoms with van der Waals surface area (Å²) in [5, 5.41) is 9.23. The summed E-state index contributed by atoms with van der Waals surface area (Å²) in [6, 6.07) is 10.3. The fraction of sp³-hybridized carbons (Fsp3) is 0.400. The highest BCUT2D eigenvalue weighted by Gasteiger charge is 2.26. The van der Waals surface area contributed by atoms with Gasteiger partial charge in [0.25, 0.3) is 0 Å². The Hall–Kier alpha value is -1.61. The van der Waals surface area contributed by atoms with Crippen molar-refractivity contribution in [3.8, 4) is 0 Å². The van der Waals surface area contributed by atoms with Crippen molar-refractivity contribution in [2.45, 2.75) is 25.3 Å². The number of aryl methyl sites for hydroxylation is 1. The molecule has 1 aromatic carbocycles. The Morgan fingerprint density at radius 2 is 2.11 bits per heavy atom. The van der Waals surface area contributed by atoms with Gasteiger partial charge in [-0.3, -0.25) is 4.90 Å². The Morgan fingerprint density at radius 3 is 2.78 bits per heavy atom. The SMILES string of the molecule is CN1CCC=C(C(=O)O)C1CCc1ccccc1. The first-order valence-electron chi connectivity index (χ1n) is 6.36. The lowest BCUT2D eigenvalue weighted by atomic mass is 9.94. The van der Waals surface area contributed by atoms with E-state index in [2.05, 4.69) is 17.0 Å². The van der Waals surface area contributed by atoms with Crippen molar-refractivity contribution >= 4 is 5.97 Å². The van der Waals surface area contributed by atoms with E-state index in [0.717, 1.165) is 25.8 Å².